The molecule has 2 heterocycles. The van der Waals surface area contributed by atoms with Crippen LogP contribution in [0.15, 0.2) is 24.3 Å². The number of ether oxygens (including phenoxy) is 1. The fraction of sp³-hybridized carbons (Fsp3) is 0.632. The van der Waals surface area contributed by atoms with Crippen molar-refractivity contribution < 1.29 is 9.53 Å². The maximum Gasteiger partial charge on any atom is 0.236 e. The molecule has 126 valence electrons. The van der Waals surface area contributed by atoms with Crippen LogP contribution in [0.3, 0.4) is 0 Å². The Hall–Kier alpha value is -1.39. The predicted octanol–water partition coefficient (Wildman–Crippen LogP) is 2.77. The molecule has 0 bridgehead atoms. The second kappa shape index (κ2) is 7.02. The zero-order chi connectivity index (χ0) is 16.4. The van der Waals surface area contributed by atoms with Gasteiger partial charge in [0, 0.05) is 19.1 Å². The zero-order valence-electron chi connectivity index (χ0n) is 14.5. The molecule has 1 aromatic rings. The van der Waals surface area contributed by atoms with E-state index >= 15 is 0 Å². The van der Waals surface area contributed by atoms with Crippen molar-refractivity contribution in [2.24, 2.45) is 0 Å². The molecule has 4 heteroatoms. The number of hydrogen-bond donors (Lipinski definition) is 0. The van der Waals surface area contributed by atoms with Gasteiger partial charge < -0.3 is 9.64 Å². The van der Waals surface area contributed by atoms with Gasteiger partial charge in [-0.15, -0.1) is 0 Å². The first kappa shape index (κ1) is 16.5. The molecular weight excluding hydrogens is 288 g/mol. The van der Waals surface area contributed by atoms with Crippen LogP contribution in [-0.4, -0.2) is 54.1 Å². The minimum Gasteiger partial charge on any atom is -0.372 e. The zero-order valence-corrected chi connectivity index (χ0v) is 14.5. The predicted molar refractivity (Wildman–Crippen MR) is 91.3 cm³/mol. The van der Waals surface area contributed by atoms with E-state index in [0.29, 0.717) is 25.7 Å². The molecule has 3 rings (SSSR count). The van der Waals surface area contributed by atoms with E-state index in [0.717, 1.165) is 13.0 Å². The third-order valence-electron chi connectivity index (χ3n) is 4.90. The summed E-state index contributed by atoms with van der Waals surface area (Å²) in [6, 6.07) is 9.08. The lowest BCUT2D eigenvalue weighted by Crippen LogP contribution is -2.51. The number of likely N-dealkylation sites (tertiary alicyclic amines) is 1. The number of rotatable bonds is 3. The van der Waals surface area contributed by atoms with Gasteiger partial charge in [-0.2, -0.15) is 0 Å². The smallest absolute Gasteiger partial charge is 0.236 e. The maximum absolute atomic E-state index is 12.7. The Morgan fingerprint density at radius 1 is 1.26 bits per heavy atom. The molecule has 2 saturated heterocycles. The first-order chi connectivity index (χ1) is 11.0. The molecule has 3 atom stereocenters. The minimum absolute atomic E-state index is 0.133. The van der Waals surface area contributed by atoms with E-state index in [2.05, 4.69) is 36.1 Å². The normalized spacial score (nSPS) is 29.0. The SMILES string of the molecule is Cc1cccc(C2CCCN2CC(=O)N2CC(C)OC(C)C2)c1. The molecule has 0 aromatic heterocycles. The first-order valence-corrected chi connectivity index (χ1v) is 8.77. The summed E-state index contributed by atoms with van der Waals surface area (Å²) in [6.45, 7) is 9.18. The van der Waals surface area contributed by atoms with Gasteiger partial charge in [-0.05, 0) is 45.7 Å². The van der Waals surface area contributed by atoms with Crippen LogP contribution in [0, 0.1) is 6.92 Å². The number of carbonyl (C=O) groups is 1. The first-order valence-electron chi connectivity index (χ1n) is 8.77. The van der Waals surface area contributed by atoms with Crippen LogP contribution in [0.1, 0.15) is 43.9 Å². The molecule has 1 aromatic carbocycles. The van der Waals surface area contributed by atoms with Crippen molar-refractivity contribution in [3.05, 3.63) is 35.4 Å². The van der Waals surface area contributed by atoms with Crippen LogP contribution in [0.25, 0.3) is 0 Å². The average Bonchev–Trinajstić information content (AvgIpc) is 2.94. The number of nitrogens with zero attached hydrogens (tertiary/aromatic N) is 2. The van der Waals surface area contributed by atoms with E-state index in [1.54, 1.807) is 0 Å². The van der Waals surface area contributed by atoms with Gasteiger partial charge in [0.2, 0.25) is 5.91 Å². The summed E-state index contributed by atoms with van der Waals surface area (Å²) in [6.07, 6.45) is 2.58. The fourth-order valence-electron chi connectivity index (χ4n) is 3.93. The molecule has 0 saturated carbocycles. The van der Waals surface area contributed by atoms with Gasteiger partial charge >= 0.3 is 0 Å². The summed E-state index contributed by atoms with van der Waals surface area (Å²) in [5, 5.41) is 0. The Bertz CT molecular complexity index is 550. The van der Waals surface area contributed by atoms with Crippen molar-refractivity contribution in [2.75, 3.05) is 26.2 Å². The number of aryl methyl sites for hydroxylation is 1. The van der Waals surface area contributed by atoms with Crippen LogP contribution in [-0.2, 0) is 9.53 Å². The van der Waals surface area contributed by atoms with Crippen LogP contribution in [0.5, 0.6) is 0 Å². The van der Waals surface area contributed by atoms with E-state index < -0.39 is 0 Å². The summed E-state index contributed by atoms with van der Waals surface area (Å²) in [4.78, 5) is 17.0. The Kier molecular flexibility index (Phi) is 5.02. The lowest BCUT2D eigenvalue weighted by Gasteiger charge is -2.36. The average molecular weight is 316 g/mol. The highest BCUT2D eigenvalue weighted by Crippen LogP contribution is 2.32. The third-order valence-corrected chi connectivity index (χ3v) is 4.90. The van der Waals surface area contributed by atoms with Crippen molar-refractivity contribution in [3.8, 4) is 0 Å². The largest absolute Gasteiger partial charge is 0.372 e. The summed E-state index contributed by atoms with van der Waals surface area (Å²) in [7, 11) is 0. The molecule has 3 unspecified atom stereocenters. The number of carbonyl (C=O) groups excluding carboxylic acids is 1. The third kappa shape index (κ3) is 3.93. The monoisotopic (exact) mass is 316 g/mol. The molecule has 0 aliphatic carbocycles. The summed E-state index contributed by atoms with van der Waals surface area (Å²) in [5.41, 5.74) is 2.63. The molecule has 2 fully saturated rings. The molecule has 2 aliphatic rings. The van der Waals surface area contributed by atoms with Gasteiger partial charge in [0.15, 0.2) is 0 Å². The van der Waals surface area contributed by atoms with Crippen molar-refractivity contribution in [1.29, 1.82) is 0 Å². The molecule has 0 spiro atoms. The molecule has 23 heavy (non-hydrogen) atoms. The molecule has 1 amide bonds. The molecule has 4 nitrogen and oxygen atoms in total. The van der Waals surface area contributed by atoms with Gasteiger partial charge in [-0.1, -0.05) is 29.8 Å². The number of benzene rings is 1. The highest BCUT2D eigenvalue weighted by molar-refractivity contribution is 5.78. The van der Waals surface area contributed by atoms with E-state index in [-0.39, 0.29) is 18.1 Å². The minimum atomic E-state index is 0.133. The highest BCUT2D eigenvalue weighted by Gasteiger charge is 2.31. The summed E-state index contributed by atoms with van der Waals surface area (Å²) in [5.74, 6) is 0.242. The Labute approximate surface area is 139 Å². The van der Waals surface area contributed by atoms with Crippen LogP contribution in [0.2, 0.25) is 0 Å². The molecule has 2 aliphatic heterocycles. The second-order valence-corrected chi connectivity index (χ2v) is 7.10. The van der Waals surface area contributed by atoms with Gasteiger partial charge in [0.1, 0.15) is 0 Å². The summed E-state index contributed by atoms with van der Waals surface area (Å²) < 4.78 is 5.73. The van der Waals surface area contributed by atoms with Crippen molar-refractivity contribution in [2.45, 2.75) is 51.9 Å². The lowest BCUT2D eigenvalue weighted by molar-refractivity contribution is -0.144. The highest BCUT2D eigenvalue weighted by atomic mass is 16.5. The Morgan fingerprint density at radius 2 is 2.00 bits per heavy atom. The van der Waals surface area contributed by atoms with Crippen LogP contribution < -0.4 is 0 Å². The maximum atomic E-state index is 12.7. The van der Waals surface area contributed by atoms with Crippen molar-refractivity contribution in [3.63, 3.8) is 0 Å². The number of morpholine rings is 1. The van der Waals surface area contributed by atoms with Crippen LogP contribution in [0.4, 0.5) is 0 Å². The summed E-state index contributed by atoms with van der Waals surface area (Å²) >= 11 is 0. The quantitative estimate of drug-likeness (QED) is 0.859. The van der Waals surface area contributed by atoms with Crippen LogP contribution >= 0.6 is 0 Å². The topological polar surface area (TPSA) is 32.8 Å². The van der Waals surface area contributed by atoms with Gasteiger partial charge in [-0.25, -0.2) is 0 Å². The van der Waals surface area contributed by atoms with Crippen molar-refractivity contribution >= 4 is 5.91 Å². The van der Waals surface area contributed by atoms with Gasteiger partial charge in [-0.3, -0.25) is 9.69 Å². The molecule has 0 N–H and O–H groups in total. The van der Waals surface area contributed by atoms with Gasteiger partial charge in [0.05, 0.1) is 18.8 Å². The number of hydrogen-bond acceptors (Lipinski definition) is 3. The van der Waals surface area contributed by atoms with E-state index in [4.69, 9.17) is 4.74 Å². The van der Waals surface area contributed by atoms with E-state index in [1.165, 1.54) is 17.5 Å². The Balaban J connectivity index is 1.65. The second-order valence-electron chi connectivity index (χ2n) is 7.10. The molecule has 0 radical (unpaired) electrons. The lowest BCUT2D eigenvalue weighted by atomic mass is 10.0. The van der Waals surface area contributed by atoms with E-state index in [9.17, 15) is 4.79 Å². The number of amides is 1. The van der Waals surface area contributed by atoms with Crippen molar-refractivity contribution in [1.82, 2.24) is 9.80 Å². The fourth-order valence-corrected chi connectivity index (χ4v) is 3.93. The standard InChI is InChI=1S/C19H28N2O2/c1-14-6-4-7-17(10-14)18-8-5-9-20(18)13-19(22)21-11-15(2)23-16(3)12-21/h4,6-7,10,15-16,18H,5,8-9,11-13H2,1-3H3. The van der Waals surface area contributed by atoms with E-state index in [1.807, 2.05) is 18.7 Å². The molecular formula is C19H28N2O2. The van der Waals surface area contributed by atoms with Gasteiger partial charge in [0.25, 0.3) is 0 Å². The Morgan fingerprint density at radius 3 is 2.70 bits per heavy atom.